The summed E-state index contributed by atoms with van der Waals surface area (Å²) in [7, 11) is 0. The Balaban J connectivity index is -0.0000000293. The summed E-state index contributed by atoms with van der Waals surface area (Å²) in [5.41, 5.74) is 0. The van der Waals surface area contributed by atoms with E-state index >= 15 is 0 Å². The zero-order chi connectivity index (χ0) is 12.2. The van der Waals surface area contributed by atoms with E-state index in [1.54, 1.807) is 13.8 Å². The molecule has 2 radical (unpaired) electrons. The van der Waals surface area contributed by atoms with Gasteiger partial charge in [-0.25, -0.2) is 0 Å². The molecule has 0 saturated carbocycles. The largest absolute Gasteiger partial charge is 2.00 e. The number of unbranched alkanes of at least 4 members (excludes halogenated alkanes) is 2. The topological polar surface area (TPSA) is 46.1 Å². The Morgan fingerprint density at radius 3 is 0.600 bits per heavy atom. The summed E-state index contributed by atoms with van der Waals surface area (Å²) in [6.45, 7) is 11.9. The van der Waals surface area contributed by atoms with Crippen LogP contribution >= 0.6 is 0 Å². The van der Waals surface area contributed by atoms with Crippen molar-refractivity contribution >= 4 is 23.9 Å². The van der Waals surface area contributed by atoms with Crippen molar-refractivity contribution < 1.29 is 10.2 Å². The van der Waals surface area contributed by atoms with Gasteiger partial charge < -0.3 is 10.2 Å². The van der Waals surface area contributed by atoms with Gasteiger partial charge in [0, 0.05) is 0 Å². The molecule has 0 saturated heterocycles. The third-order valence-corrected chi connectivity index (χ3v) is 1.000. The molecule has 0 aliphatic carbocycles. The molecule has 0 aromatic carbocycles. The van der Waals surface area contributed by atoms with Gasteiger partial charge in [0.05, 0.1) is 0 Å². The van der Waals surface area contributed by atoms with Crippen LogP contribution in [-0.2, 0) is 0 Å². The van der Waals surface area contributed by atoms with Crippen LogP contribution in [-0.4, -0.2) is 37.1 Å². The summed E-state index contributed by atoms with van der Waals surface area (Å²) in [6.07, 6.45) is 5.28. The van der Waals surface area contributed by atoms with Crippen molar-refractivity contribution in [1.82, 2.24) is 0 Å². The van der Waals surface area contributed by atoms with E-state index in [0.29, 0.717) is 0 Å². The maximum Gasteiger partial charge on any atom is 2.00 e. The molecule has 0 aromatic rings. The summed E-state index contributed by atoms with van der Waals surface area (Å²) in [5.74, 6) is 0. The van der Waals surface area contributed by atoms with E-state index < -0.39 is 0 Å². The standard InChI is InChI=1S/2C4H10.2C2H5O.Sn/c2*1-3-4-2;2*1-2-3;/h2*3-4H2,1-2H3;2*2H2,1H3;/q;;2*-1;+2. The van der Waals surface area contributed by atoms with Gasteiger partial charge in [-0.2, -0.15) is 0 Å². The zero-order valence-electron chi connectivity index (χ0n) is 11.6. The first-order valence-corrected chi connectivity index (χ1v) is 5.82. The second-order valence-electron chi connectivity index (χ2n) is 2.58. The van der Waals surface area contributed by atoms with Crippen LogP contribution in [0.2, 0.25) is 0 Å². The zero-order valence-corrected chi connectivity index (χ0v) is 14.4. The van der Waals surface area contributed by atoms with Crippen LogP contribution in [0.25, 0.3) is 0 Å². The van der Waals surface area contributed by atoms with E-state index in [1.807, 2.05) is 0 Å². The number of hydrogen-bond acceptors (Lipinski definition) is 2. The first-order chi connectivity index (χ1) is 6.66. The second kappa shape index (κ2) is 61.4. The molecule has 15 heavy (non-hydrogen) atoms. The van der Waals surface area contributed by atoms with Gasteiger partial charge in [0.25, 0.3) is 0 Å². The van der Waals surface area contributed by atoms with Crippen LogP contribution in [0.3, 0.4) is 0 Å². The molecule has 0 N–H and O–H groups in total. The molecule has 0 heterocycles. The average molecular weight is 325 g/mol. The Kier molecular flexibility index (Phi) is 121. The molecule has 0 bridgehead atoms. The quantitative estimate of drug-likeness (QED) is 0.729. The number of hydrogen-bond donors (Lipinski definition) is 0. The third-order valence-electron chi connectivity index (χ3n) is 1.000. The van der Waals surface area contributed by atoms with Crippen molar-refractivity contribution in [1.29, 1.82) is 0 Å². The third kappa shape index (κ3) is 322. The minimum absolute atomic E-state index is 0. The van der Waals surface area contributed by atoms with Crippen molar-refractivity contribution in [2.75, 3.05) is 13.2 Å². The van der Waals surface area contributed by atoms with Gasteiger partial charge in [-0.05, 0) is 0 Å². The molecule has 0 spiro atoms. The Bertz CT molecular complexity index is 34.6. The van der Waals surface area contributed by atoms with Crippen molar-refractivity contribution in [3.05, 3.63) is 0 Å². The maximum atomic E-state index is 8.93. The predicted molar refractivity (Wildman–Crippen MR) is 68.0 cm³/mol. The molecule has 0 unspecified atom stereocenters. The van der Waals surface area contributed by atoms with Gasteiger partial charge in [-0.15, -0.1) is 13.2 Å². The van der Waals surface area contributed by atoms with Gasteiger partial charge in [0.1, 0.15) is 0 Å². The fourth-order valence-corrected chi connectivity index (χ4v) is 0. The van der Waals surface area contributed by atoms with E-state index in [0.717, 1.165) is 0 Å². The molecule has 94 valence electrons. The Hall–Kier alpha value is 0.719. The van der Waals surface area contributed by atoms with Gasteiger partial charge in [-0.1, -0.05) is 67.2 Å². The summed E-state index contributed by atoms with van der Waals surface area (Å²) in [4.78, 5) is 0. The van der Waals surface area contributed by atoms with Gasteiger partial charge >= 0.3 is 23.9 Å². The van der Waals surface area contributed by atoms with Crippen molar-refractivity contribution in [2.24, 2.45) is 0 Å². The summed E-state index contributed by atoms with van der Waals surface area (Å²) >= 11 is 0. The smallest absolute Gasteiger partial charge is 0.855 e. The Labute approximate surface area is 114 Å². The van der Waals surface area contributed by atoms with Crippen LogP contribution in [0.1, 0.15) is 67.2 Å². The molecule has 0 aliphatic heterocycles. The molecule has 0 rings (SSSR count). The van der Waals surface area contributed by atoms with E-state index in [9.17, 15) is 0 Å². The van der Waals surface area contributed by atoms with Crippen LogP contribution in [0, 0.1) is 0 Å². The number of rotatable bonds is 2. The van der Waals surface area contributed by atoms with Crippen LogP contribution in [0.15, 0.2) is 0 Å². The molecule has 3 heteroatoms. The van der Waals surface area contributed by atoms with Crippen LogP contribution in [0.5, 0.6) is 0 Å². The molecule has 0 aliphatic rings. The molecule has 0 fully saturated rings. The summed E-state index contributed by atoms with van der Waals surface area (Å²) in [6, 6.07) is 0. The fraction of sp³-hybridized carbons (Fsp3) is 1.00. The predicted octanol–water partition coefficient (Wildman–Crippen LogP) is 1.97. The van der Waals surface area contributed by atoms with E-state index in [2.05, 4.69) is 27.7 Å². The molecular formula is C12H30O2Sn. The monoisotopic (exact) mass is 326 g/mol. The summed E-state index contributed by atoms with van der Waals surface area (Å²) < 4.78 is 0. The molecule has 0 amide bonds. The van der Waals surface area contributed by atoms with Crippen LogP contribution < -0.4 is 10.2 Å². The SMILES string of the molecule is CCCC.CCCC.CC[O-].CC[O-].[Sn+2]. The van der Waals surface area contributed by atoms with Gasteiger partial charge in [0.15, 0.2) is 0 Å². The first kappa shape index (κ1) is 29.6. The normalized spacial score (nSPS) is 6.40. The Morgan fingerprint density at radius 2 is 0.600 bits per heavy atom. The Morgan fingerprint density at radius 1 is 0.533 bits per heavy atom. The molecule has 0 aromatic heterocycles. The summed E-state index contributed by atoms with van der Waals surface area (Å²) in [5, 5.41) is 17.9. The molecule has 2 nitrogen and oxygen atoms in total. The van der Waals surface area contributed by atoms with Crippen molar-refractivity contribution in [3.63, 3.8) is 0 Å². The first-order valence-electron chi connectivity index (χ1n) is 5.82. The second-order valence-corrected chi connectivity index (χ2v) is 2.58. The average Bonchev–Trinajstić information content (AvgIpc) is 2.20. The van der Waals surface area contributed by atoms with Crippen LogP contribution in [0.4, 0.5) is 0 Å². The van der Waals surface area contributed by atoms with Gasteiger partial charge in [-0.3, -0.25) is 0 Å². The van der Waals surface area contributed by atoms with E-state index in [-0.39, 0.29) is 37.1 Å². The fourth-order valence-electron chi connectivity index (χ4n) is 0. The minimum atomic E-state index is 0. The molecular weight excluding hydrogens is 295 g/mol. The minimum Gasteiger partial charge on any atom is -0.855 e. The van der Waals surface area contributed by atoms with E-state index in [1.165, 1.54) is 25.7 Å². The van der Waals surface area contributed by atoms with Crippen molar-refractivity contribution in [3.8, 4) is 0 Å². The maximum absolute atomic E-state index is 8.93. The van der Waals surface area contributed by atoms with Gasteiger partial charge in [0.2, 0.25) is 0 Å². The van der Waals surface area contributed by atoms with E-state index in [4.69, 9.17) is 10.2 Å². The molecule has 0 atom stereocenters. The van der Waals surface area contributed by atoms with Crippen molar-refractivity contribution in [2.45, 2.75) is 67.2 Å².